The van der Waals surface area contributed by atoms with Gasteiger partial charge in [0.05, 0.1) is 6.10 Å². The summed E-state index contributed by atoms with van der Waals surface area (Å²) in [6, 6.07) is 2.38. The zero-order valence-corrected chi connectivity index (χ0v) is 42.1. The van der Waals surface area contributed by atoms with E-state index in [1.165, 1.54) is 19.1 Å². The van der Waals surface area contributed by atoms with Gasteiger partial charge < -0.3 is 80.9 Å². The van der Waals surface area contributed by atoms with Gasteiger partial charge in [0.2, 0.25) is 53.2 Å². The smallest absolute Gasteiger partial charge is 0.245 e. The standard InChI is InChI=1S/C49H69FN16O10/c1-26(67)60-34(10-5-19-57-48(52)53)42(71)63-36-16-17-40(69)56-18-4-9-33(41(51)70)61-45(74)38(22-28-24-59-32-8-3-2-7-31(28)32)64-43(72)35(11-6-20-58-49(54)55)62-44(73)37(21-27-12-14-29(50)15-13-27)65-46(75)39-23-30(68)25-66(39)47(36)76/h2-3,7-8,12-15,24,30,33-39,59,68H,4-6,9-11,16-23,25H2,1H3,(H2,51,70)(H,56,69)(H,60,67)(H,61,74)(H,62,73)(H,63,71)(H,64,72)(H,65,75)(H4,52,53,57)(H4,54,55,58)/t30?,33-,34-,35-,36-,37+,38-,39-/m0/s1. The molecular weight excluding hydrogens is 992 g/mol. The van der Waals surface area contributed by atoms with E-state index in [1.807, 2.05) is 12.1 Å². The maximum Gasteiger partial charge on any atom is 0.245 e. The molecular formula is C49H69FN16O10. The van der Waals surface area contributed by atoms with Crippen LogP contribution in [0.5, 0.6) is 0 Å². The fourth-order valence-corrected chi connectivity index (χ4v) is 8.89. The summed E-state index contributed by atoms with van der Waals surface area (Å²) < 4.78 is 14.1. The van der Waals surface area contributed by atoms with Crippen LogP contribution in [-0.4, -0.2) is 155 Å². The van der Waals surface area contributed by atoms with Crippen molar-refractivity contribution in [3.05, 3.63) is 71.7 Å². The summed E-state index contributed by atoms with van der Waals surface area (Å²) >= 11 is 0. The molecule has 0 spiro atoms. The molecule has 1 unspecified atom stereocenters. The van der Waals surface area contributed by atoms with Crippen LogP contribution < -0.4 is 65.9 Å². The first kappa shape index (κ1) is 58.5. The average Bonchev–Trinajstić information content (AvgIpc) is 3.97. The third kappa shape index (κ3) is 17.9. The van der Waals surface area contributed by atoms with Gasteiger partial charge in [0.25, 0.3) is 0 Å². The van der Waals surface area contributed by atoms with E-state index in [9.17, 15) is 52.6 Å². The lowest BCUT2D eigenvalue weighted by Gasteiger charge is -2.31. The Bertz CT molecular complexity index is 2620. The minimum Gasteiger partial charge on any atom is -0.391 e. The molecule has 0 saturated carbocycles. The molecule has 2 fully saturated rings. The van der Waals surface area contributed by atoms with Crippen LogP contribution in [0.1, 0.15) is 75.8 Å². The number of aliphatic hydroxyl groups excluding tert-OH is 1. The first-order valence-corrected chi connectivity index (χ1v) is 24.9. The number of benzene rings is 2. The number of primary amides is 1. The zero-order valence-electron chi connectivity index (χ0n) is 42.1. The molecule has 1 aromatic heterocycles. The van der Waals surface area contributed by atoms with E-state index in [4.69, 9.17) is 28.7 Å². The van der Waals surface area contributed by atoms with Crippen LogP contribution >= 0.6 is 0 Å². The lowest BCUT2D eigenvalue weighted by Crippen LogP contribution is -2.60. The van der Waals surface area contributed by atoms with Crippen molar-refractivity contribution < 1.29 is 52.6 Å². The Morgan fingerprint density at radius 3 is 2.12 bits per heavy atom. The van der Waals surface area contributed by atoms with E-state index in [0.717, 1.165) is 27.9 Å². The highest BCUT2D eigenvalue weighted by molar-refractivity contribution is 5.98. The molecule has 8 atom stereocenters. The molecule has 0 radical (unpaired) electrons. The van der Waals surface area contributed by atoms with Gasteiger partial charge in [-0.15, -0.1) is 0 Å². The van der Waals surface area contributed by atoms with Crippen LogP contribution in [-0.2, 0) is 56.0 Å². The van der Waals surface area contributed by atoms with Crippen molar-refractivity contribution in [3.8, 4) is 0 Å². The Labute approximate surface area is 437 Å². The number of aromatic nitrogens is 1. The quantitative estimate of drug-likeness (QED) is 0.0373. The predicted octanol–water partition coefficient (Wildman–Crippen LogP) is -3.73. The monoisotopic (exact) mass is 1060 g/mol. The summed E-state index contributed by atoms with van der Waals surface area (Å²) in [4.78, 5) is 137. The predicted molar refractivity (Wildman–Crippen MR) is 276 cm³/mol. The number of nitrogens with two attached hydrogens (primary N) is 5. The number of hydrogen-bond acceptors (Lipinski definition) is 12. The summed E-state index contributed by atoms with van der Waals surface area (Å²) in [5, 5.41) is 30.2. The van der Waals surface area contributed by atoms with Gasteiger partial charge in [-0.25, -0.2) is 4.39 Å². The summed E-state index contributed by atoms with van der Waals surface area (Å²) in [5.74, 6) is -8.37. The number of nitrogens with one attached hydrogen (secondary N) is 8. The lowest BCUT2D eigenvalue weighted by molar-refractivity contribution is -0.143. The van der Waals surface area contributed by atoms with Crippen LogP contribution in [0.4, 0.5) is 4.39 Å². The highest BCUT2D eigenvalue weighted by Crippen LogP contribution is 2.23. The number of carbonyl (C=O) groups is 9. The molecule has 5 rings (SSSR count). The summed E-state index contributed by atoms with van der Waals surface area (Å²) in [6.07, 6.45) is -0.805. The van der Waals surface area contributed by atoms with Crippen molar-refractivity contribution in [2.45, 2.75) is 126 Å². The van der Waals surface area contributed by atoms with Crippen molar-refractivity contribution in [1.82, 2.24) is 47.1 Å². The number of aromatic amines is 1. The SMILES string of the molecule is CC(=O)N[C@@H](CCCN=C(N)N)C(=O)N[C@H]1CCC(=O)NCCC[C@@H](C(N)=O)NC(=O)[C@H](Cc2c[nH]c3ccccc23)NC(=O)[C@H](CCCN=C(N)N)NC(=O)[C@@H](Cc2ccc(F)cc2)NC(=O)[C@@H]2CC(O)CN2C1=O. The largest absolute Gasteiger partial charge is 0.391 e. The van der Waals surface area contributed by atoms with Crippen LogP contribution in [0.3, 0.4) is 0 Å². The lowest BCUT2D eigenvalue weighted by atomic mass is 10.0. The molecule has 27 heteroatoms. The van der Waals surface area contributed by atoms with E-state index >= 15 is 0 Å². The minimum atomic E-state index is -1.54. The molecule has 26 nitrogen and oxygen atoms in total. The first-order valence-electron chi connectivity index (χ1n) is 24.9. The maximum atomic E-state index is 14.6. The molecule has 3 aromatic rings. The van der Waals surface area contributed by atoms with Crippen LogP contribution in [0.25, 0.3) is 10.9 Å². The van der Waals surface area contributed by atoms with Gasteiger partial charge in [-0.05, 0) is 74.3 Å². The van der Waals surface area contributed by atoms with Crippen molar-refractivity contribution in [2.24, 2.45) is 38.7 Å². The summed E-state index contributed by atoms with van der Waals surface area (Å²) in [7, 11) is 0. The third-order valence-corrected chi connectivity index (χ3v) is 12.7. The molecule has 2 aliphatic heterocycles. The Morgan fingerprint density at radius 2 is 1.43 bits per heavy atom. The number of amides is 9. The number of guanidine groups is 2. The average molecular weight is 1060 g/mol. The molecule has 3 heterocycles. The van der Waals surface area contributed by atoms with Crippen LogP contribution in [0.2, 0.25) is 0 Å². The number of halogens is 1. The Hall–Kier alpha value is -8.36. The normalized spacial score (nSPS) is 22.8. The van der Waals surface area contributed by atoms with Gasteiger partial charge in [-0.3, -0.25) is 53.1 Å². The number of hydrogen-bond donors (Lipinski definition) is 14. The molecule has 76 heavy (non-hydrogen) atoms. The van der Waals surface area contributed by atoms with E-state index in [2.05, 4.69) is 52.2 Å². The number of aliphatic imine (C=N–C) groups is 2. The fraction of sp³-hybridized carbons (Fsp3) is 0.490. The molecule has 19 N–H and O–H groups in total. The minimum absolute atomic E-state index is 0.0143. The highest BCUT2D eigenvalue weighted by Gasteiger charge is 2.43. The van der Waals surface area contributed by atoms with Gasteiger partial charge in [0.1, 0.15) is 48.1 Å². The number of carbonyl (C=O) groups excluding carboxylic acids is 9. The van der Waals surface area contributed by atoms with Crippen molar-refractivity contribution in [2.75, 3.05) is 26.2 Å². The second-order valence-corrected chi connectivity index (χ2v) is 18.7. The van der Waals surface area contributed by atoms with Crippen LogP contribution in [0, 0.1) is 5.82 Å². The molecule has 9 amide bonds. The molecule has 0 bridgehead atoms. The maximum absolute atomic E-state index is 14.6. The Morgan fingerprint density at radius 1 is 0.803 bits per heavy atom. The van der Waals surface area contributed by atoms with Crippen LogP contribution in [0.15, 0.2) is 64.7 Å². The second-order valence-electron chi connectivity index (χ2n) is 18.7. The Balaban J connectivity index is 1.54. The molecule has 2 aliphatic rings. The van der Waals surface area contributed by atoms with Gasteiger partial charge >= 0.3 is 0 Å². The number of para-hydroxylation sites is 1. The molecule has 2 saturated heterocycles. The number of H-pyrrole nitrogens is 1. The second kappa shape index (κ2) is 28.3. The number of aliphatic hydroxyl groups is 1. The molecule has 0 aliphatic carbocycles. The number of rotatable bonds is 16. The van der Waals surface area contributed by atoms with Gasteiger partial charge in [-0.1, -0.05) is 30.3 Å². The van der Waals surface area contributed by atoms with Gasteiger partial charge in [0, 0.05) is 75.9 Å². The summed E-state index contributed by atoms with van der Waals surface area (Å²) in [5.41, 5.74) is 29.4. The molecule has 2 aromatic carbocycles. The van der Waals surface area contributed by atoms with Crippen molar-refractivity contribution in [1.29, 1.82) is 0 Å². The van der Waals surface area contributed by atoms with E-state index in [0.29, 0.717) is 11.1 Å². The number of nitrogens with zero attached hydrogens (tertiary/aromatic N) is 3. The van der Waals surface area contributed by atoms with E-state index < -0.39 is 114 Å². The first-order chi connectivity index (χ1) is 36.2. The van der Waals surface area contributed by atoms with Gasteiger partial charge in [0.15, 0.2) is 11.9 Å². The highest BCUT2D eigenvalue weighted by atomic mass is 19.1. The fourth-order valence-electron chi connectivity index (χ4n) is 8.89. The Kier molecular flexibility index (Phi) is 21.8. The zero-order chi connectivity index (χ0) is 55.5. The summed E-state index contributed by atoms with van der Waals surface area (Å²) in [6.45, 7) is 0.842. The van der Waals surface area contributed by atoms with Crippen molar-refractivity contribution >= 4 is 76.0 Å². The number of fused-ring (bicyclic) bond motifs is 2. The van der Waals surface area contributed by atoms with Crippen molar-refractivity contribution in [3.63, 3.8) is 0 Å². The topological polar surface area (TPSA) is 432 Å². The molecule has 412 valence electrons. The van der Waals surface area contributed by atoms with E-state index in [1.54, 1.807) is 18.3 Å². The third-order valence-electron chi connectivity index (χ3n) is 12.7. The van der Waals surface area contributed by atoms with Gasteiger partial charge in [-0.2, -0.15) is 0 Å². The van der Waals surface area contributed by atoms with E-state index in [-0.39, 0.29) is 102 Å².